The quantitative estimate of drug-likeness (QED) is 0.0438. The predicted molar refractivity (Wildman–Crippen MR) is 383 cm³/mol. The summed E-state index contributed by atoms with van der Waals surface area (Å²) in [6.07, 6.45) is 17.2. The van der Waals surface area contributed by atoms with Crippen LogP contribution in [0, 0.1) is 6.92 Å². The molecule has 0 fully saturated rings. The molecule has 3 aromatic carbocycles. The van der Waals surface area contributed by atoms with Gasteiger partial charge in [-0.3, -0.25) is 19.9 Å². The lowest BCUT2D eigenvalue weighted by molar-refractivity contribution is 0.255. The average Bonchev–Trinajstić information content (AvgIpc) is 1.49. The van der Waals surface area contributed by atoms with E-state index in [9.17, 15) is 39.6 Å². The Morgan fingerprint density at radius 3 is 1.25 bits per heavy atom. The highest BCUT2D eigenvalue weighted by Gasteiger charge is 2.28. The van der Waals surface area contributed by atoms with Gasteiger partial charge in [0.05, 0.1) is 52.5 Å². The summed E-state index contributed by atoms with van der Waals surface area (Å²) in [5.41, 5.74) is 16.1. The number of methoxy groups -OCH3 is 2. The van der Waals surface area contributed by atoms with Crippen LogP contribution in [-0.2, 0) is 81.7 Å². The Bertz CT molecular complexity index is 4880. The lowest BCUT2D eigenvalue weighted by Crippen LogP contribution is -2.35. The zero-order valence-electron chi connectivity index (χ0n) is 57.0. The smallest absolute Gasteiger partial charge is 0.333 e. The molecule has 0 aliphatic heterocycles. The second-order valence-corrected chi connectivity index (χ2v) is 30.0. The van der Waals surface area contributed by atoms with Gasteiger partial charge in [-0.15, -0.1) is 0 Å². The molecule has 0 bridgehead atoms. The van der Waals surface area contributed by atoms with E-state index in [0.29, 0.717) is 53.3 Å². The van der Waals surface area contributed by atoms with E-state index in [-0.39, 0.29) is 20.6 Å². The highest BCUT2D eigenvalue weighted by Crippen LogP contribution is 2.41. The minimum Gasteiger partial charge on any atom is -0.481 e. The number of carbonyl (C=O) groups excluding carboxylic acids is 3. The number of ether oxygens (including phenoxy) is 2. The summed E-state index contributed by atoms with van der Waals surface area (Å²) in [5.74, 6) is 0.959. The van der Waals surface area contributed by atoms with Crippen molar-refractivity contribution in [1.82, 2.24) is 53.9 Å². The molecular formula is C72H80N14O11S3. The average molecular weight is 1410 g/mol. The number of anilines is 3. The van der Waals surface area contributed by atoms with E-state index in [4.69, 9.17) is 9.47 Å². The van der Waals surface area contributed by atoms with Gasteiger partial charge in [-0.2, -0.15) is 0 Å². The molecule has 100 heavy (non-hydrogen) atoms. The number of benzene rings is 3. The maximum Gasteiger partial charge on any atom is 0.333 e. The van der Waals surface area contributed by atoms with Crippen molar-refractivity contribution in [1.29, 1.82) is 0 Å². The third-order valence-corrected chi connectivity index (χ3v) is 20.8. The number of hydrogen-bond acceptors (Lipinski definition) is 19. The first-order valence-corrected chi connectivity index (χ1v) is 36.8. The number of pyridine rings is 6. The number of aromatic nitrogens is 6. The molecule has 25 nitrogen and oxygen atoms in total. The number of fused-ring (bicyclic) bond motifs is 3. The molecule has 0 saturated heterocycles. The van der Waals surface area contributed by atoms with E-state index < -0.39 is 48.2 Å². The Labute approximate surface area is 583 Å². The molecule has 12 rings (SSSR count). The molecule has 0 radical (unpaired) electrons. The van der Waals surface area contributed by atoms with Gasteiger partial charge in [-0.05, 0) is 210 Å². The molecule has 3 aliphatic carbocycles. The van der Waals surface area contributed by atoms with Crippen LogP contribution in [0.15, 0.2) is 161 Å². The molecule has 0 unspecified atom stereocenters. The minimum absolute atomic E-state index is 0.00891. The predicted octanol–water partition coefficient (Wildman–Crippen LogP) is 11.0. The van der Waals surface area contributed by atoms with Crippen LogP contribution in [0.2, 0.25) is 0 Å². The molecule has 3 aliphatic rings. The SMILES string of the molecule is COc1cc(-c2ccc3c(c2NC(=O)NS(=O)(=O)c2ccc(CN(C)C)nc2)CCC3)ccn1.COc1cc(-c2ccc3c(c2NC(=O)NS(=O)(=O)c2ccnc(CN(C)C)c2)CCC3)ccn1.Cc1cc(-c2ccc3c(c2NC(=O)NS(=O)(=O)c2ccnc(C(C)C)c2)CCC3)ccn1. The zero-order valence-corrected chi connectivity index (χ0v) is 59.5. The molecular weight excluding hydrogens is 1330 g/mol. The van der Waals surface area contributed by atoms with E-state index in [2.05, 4.69) is 66.1 Å². The van der Waals surface area contributed by atoms with Crippen molar-refractivity contribution in [3.05, 3.63) is 203 Å². The van der Waals surface area contributed by atoms with E-state index >= 15 is 0 Å². The summed E-state index contributed by atoms with van der Waals surface area (Å²) in [7, 11) is -1.64. The van der Waals surface area contributed by atoms with E-state index in [1.54, 1.807) is 36.8 Å². The van der Waals surface area contributed by atoms with Crippen LogP contribution < -0.4 is 39.6 Å². The second kappa shape index (κ2) is 31.7. The maximum atomic E-state index is 12.9. The molecule has 28 heteroatoms. The van der Waals surface area contributed by atoms with E-state index in [1.807, 2.05) is 113 Å². The second-order valence-electron chi connectivity index (χ2n) is 25.0. The first kappa shape index (κ1) is 72.5. The molecule has 6 heterocycles. The molecule has 9 aromatic rings. The number of rotatable bonds is 19. The van der Waals surface area contributed by atoms with Crippen molar-refractivity contribution >= 4 is 65.2 Å². The molecule has 6 N–H and O–H groups in total. The fraction of sp³-hybridized carbons (Fsp3) is 0.292. The van der Waals surface area contributed by atoms with Crippen molar-refractivity contribution in [2.24, 2.45) is 0 Å². The molecule has 6 aromatic heterocycles. The number of nitrogens with one attached hydrogen (secondary N) is 6. The van der Waals surface area contributed by atoms with Crippen LogP contribution >= 0.6 is 0 Å². The van der Waals surface area contributed by atoms with Crippen molar-refractivity contribution < 1.29 is 49.1 Å². The number of amides is 6. The van der Waals surface area contributed by atoms with Gasteiger partial charge in [0.25, 0.3) is 30.1 Å². The first-order chi connectivity index (χ1) is 47.8. The van der Waals surface area contributed by atoms with Gasteiger partial charge in [-0.1, -0.05) is 50.2 Å². The number of hydrogen-bond donors (Lipinski definition) is 6. The Morgan fingerprint density at radius 1 is 0.440 bits per heavy atom. The van der Waals surface area contributed by atoms with Crippen LogP contribution in [0.1, 0.15) is 95.2 Å². The van der Waals surface area contributed by atoms with Crippen LogP contribution in [0.5, 0.6) is 11.8 Å². The van der Waals surface area contributed by atoms with Crippen molar-refractivity contribution in [3.63, 3.8) is 0 Å². The number of urea groups is 3. The van der Waals surface area contributed by atoms with Gasteiger partial charge in [0, 0.05) is 90.5 Å². The van der Waals surface area contributed by atoms with Crippen LogP contribution in [0.3, 0.4) is 0 Å². The van der Waals surface area contributed by atoms with Crippen molar-refractivity contribution in [2.45, 2.75) is 112 Å². The van der Waals surface area contributed by atoms with Crippen LogP contribution in [0.25, 0.3) is 33.4 Å². The third kappa shape index (κ3) is 18.0. The Balaban J connectivity index is 0.000000162. The van der Waals surface area contributed by atoms with Crippen molar-refractivity contribution in [3.8, 4) is 45.1 Å². The van der Waals surface area contributed by atoms with Gasteiger partial charge in [0.1, 0.15) is 4.90 Å². The Hall–Kier alpha value is -10.3. The first-order valence-electron chi connectivity index (χ1n) is 32.3. The van der Waals surface area contributed by atoms with E-state index in [1.165, 1.54) is 68.7 Å². The maximum absolute atomic E-state index is 12.9. The fourth-order valence-electron chi connectivity index (χ4n) is 12.1. The molecule has 522 valence electrons. The molecule has 0 saturated carbocycles. The van der Waals surface area contributed by atoms with Crippen molar-refractivity contribution in [2.75, 3.05) is 58.4 Å². The number of aryl methyl sites for hydroxylation is 4. The highest BCUT2D eigenvalue weighted by molar-refractivity contribution is 7.90. The van der Waals surface area contributed by atoms with E-state index in [0.717, 1.165) is 130 Å². The standard InChI is InChI=1S/2C24H27N5O4S.C24H26N4O3S/c1-29(2)15-18-8-9-19(14-26-18)34(31,32)28-24(30)27-23-20-6-4-5-16(20)7-10-21(23)17-11-12-25-22(13-17)33-3;1-29(2)15-18-14-19(10-12-25-18)34(31,32)28-24(30)27-23-20-6-4-5-16(20)7-8-21(23)17-9-11-26-22(13-17)33-3;1-15(2)22-14-19(10-12-26-22)32(30,31)28-24(29)27-23-20-6-4-5-17(20)7-8-21(23)18-9-11-25-16(3)13-18/h2*7-14H,4-6,15H2,1-3H3,(H2,27,28,30);7-15H,4-6H2,1-3H3,(H2,27,28,29). The summed E-state index contributed by atoms with van der Waals surface area (Å²) in [5, 5.41) is 8.42. The zero-order chi connectivity index (χ0) is 71.5. The van der Waals surface area contributed by atoms with Crippen LogP contribution in [0.4, 0.5) is 31.4 Å². The summed E-state index contributed by atoms with van der Waals surface area (Å²) in [4.78, 5) is 67.4. The molecule has 6 amide bonds. The lowest BCUT2D eigenvalue weighted by atomic mass is 9.97. The van der Waals surface area contributed by atoms with Gasteiger partial charge in [0.15, 0.2) is 0 Å². The Morgan fingerprint density at radius 2 is 0.840 bits per heavy atom. The largest absolute Gasteiger partial charge is 0.481 e. The highest BCUT2D eigenvalue weighted by atomic mass is 32.2. The lowest BCUT2D eigenvalue weighted by Gasteiger charge is -2.17. The topological polar surface area (TPSA) is 328 Å². The monoisotopic (exact) mass is 1410 g/mol. The summed E-state index contributed by atoms with van der Waals surface area (Å²) in [6, 6.07) is 29.4. The normalized spacial score (nSPS) is 13.0. The van der Waals surface area contributed by atoms with Gasteiger partial charge >= 0.3 is 18.1 Å². The number of sulfonamides is 3. The molecule has 0 atom stereocenters. The van der Waals surface area contributed by atoms with Gasteiger partial charge in [-0.25, -0.2) is 63.8 Å². The summed E-state index contributed by atoms with van der Waals surface area (Å²) >= 11 is 0. The number of nitrogens with zero attached hydrogens (tertiary/aromatic N) is 8. The number of carbonyl (C=O) groups is 3. The molecule has 0 spiro atoms. The van der Waals surface area contributed by atoms with Crippen LogP contribution in [-0.4, -0.2) is 125 Å². The summed E-state index contributed by atoms with van der Waals surface area (Å²) < 4.78 is 93.9. The summed E-state index contributed by atoms with van der Waals surface area (Å²) in [6.45, 7) is 6.82. The Kier molecular flexibility index (Phi) is 23.0. The minimum atomic E-state index is -4.10. The third-order valence-electron chi connectivity index (χ3n) is 16.8. The fourth-order valence-corrected chi connectivity index (χ4v) is 14.9. The van der Waals surface area contributed by atoms with Gasteiger partial charge < -0.3 is 35.2 Å². The van der Waals surface area contributed by atoms with Gasteiger partial charge in [0.2, 0.25) is 11.8 Å².